The van der Waals surface area contributed by atoms with E-state index < -0.39 is 17.2 Å². The van der Waals surface area contributed by atoms with Gasteiger partial charge < -0.3 is 19.9 Å². The molecule has 8 heteroatoms. The van der Waals surface area contributed by atoms with Gasteiger partial charge in [-0.05, 0) is 29.8 Å². The standard InChI is InChI=1S/C21H21FN4O3/c1-25(2)16-7-5-4-6-15(16)19-23-17(18(27)20(28)24-19)21(29)26(3)12-13-8-10-14(22)11-9-13/h4-11,27H,12H2,1-3H3,(H,23,24,28). The number of para-hydroxylation sites is 1. The number of anilines is 1. The largest absolute Gasteiger partial charge is 0.501 e. The van der Waals surface area contributed by atoms with Crippen LogP contribution in [0.3, 0.4) is 0 Å². The number of nitrogens with one attached hydrogen (secondary N) is 1. The van der Waals surface area contributed by atoms with Crippen molar-refractivity contribution in [2.24, 2.45) is 0 Å². The average Bonchev–Trinajstić information content (AvgIpc) is 2.71. The first-order chi connectivity index (χ1) is 13.8. The van der Waals surface area contributed by atoms with Crippen LogP contribution in [0, 0.1) is 5.82 Å². The minimum Gasteiger partial charge on any atom is -0.501 e. The highest BCUT2D eigenvalue weighted by atomic mass is 19.1. The summed E-state index contributed by atoms with van der Waals surface area (Å²) in [7, 11) is 5.21. The van der Waals surface area contributed by atoms with Gasteiger partial charge in [0.15, 0.2) is 5.69 Å². The van der Waals surface area contributed by atoms with Crippen LogP contribution in [0.5, 0.6) is 5.75 Å². The molecule has 2 aromatic carbocycles. The van der Waals surface area contributed by atoms with Gasteiger partial charge in [0.25, 0.3) is 11.5 Å². The number of aromatic nitrogens is 2. The molecule has 1 heterocycles. The van der Waals surface area contributed by atoms with E-state index in [0.717, 1.165) is 5.69 Å². The van der Waals surface area contributed by atoms with Crippen molar-refractivity contribution in [2.75, 3.05) is 26.0 Å². The SMILES string of the molecule is CN(Cc1ccc(F)cc1)C(=O)c1nc(-c2ccccc2N(C)C)[nH]c(=O)c1O. The van der Waals surface area contributed by atoms with Crippen LogP contribution in [0.15, 0.2) is 53.3 Å². The molecule has 2 N–H and O–H groups in total. The number of H-pyrrole nitrogens is 1. The quantitative estimate of drug-likeness (QED) is 0.692. The highest BCUT2D eigenvalue weighted by molar-refractivity contribution is 5.95. The molecule has 0 radical (unpaired) electrons. The van der Waals surface area contributed by atoms with E-state index in [9.17, 15) is 19.1 Å². The fourth-order valence-corrected chi connectivity index (χ4v) is 2.92. The van der Waals surface area contributed by atoms with Crippen LogP contribution in [0.4, 0.5) is 10.1 Å². The maximum atomic E-state index is 13.1. The number of aromatic amines is 1. The molecular formula is C21H21FN4O3. The van der Waals surface area contributed by atoms with Crippen molar-refractivity contribution < 1.29 is 14.3 Å². The monoisotopic (exact) mass is 396 g/mol. The Morgan fingerprint density at radius 3 is 2.41 bits per heavy atom. The van der Waals surface area contributed by atoms with Crippen LogP contribution in [0.25, 0.3) is 11.4 Å². The van der Waals surface area contributed by atoms with Gasteiger partial charge in [-0.1, -0.05) is 24.3 Å². The number of hydrogen-bond donors (Lipinski definition) is 2. The molecule has 0 saturated carbocycles. The Bertz CT molecular complexity index is 1090. The maximum Gasteiger partial charge on any atom is 0.294 e. The average molecular weight is 396 g/mol. The number of carbonyl (C=O) groups excluding carboxylic acids is 1. The minimum atomic E-state index is -0.804. The summed E-state index contributed by atoms with van der Waals surface area (Å²) in [5, 5.41) is 10.2. The van der Waals surface area contributed by atoms with Crippen LogP contribution < -0.4 is 10.5 Å². The Kier molecular flexibility index (Phi) is 5.63. The lowest BCUT2D eigenvalue weighted by Gasteiger charge is -2.19. The van der Waals surface area contributed by atoms with Crippen molar-refractivity contribution >= 4 is 11.6 Å². The van der Waals surface area contributed by atoms with Crippen molar-refractivity contribution in [1.82, 2.24) is 14.9 Å². The van der Waals surface area contributed by atoms with Gasteiger partial charge in [0.05, 0.1) is 0 Å². The molecule has 3 rings (SSSR count). The third kappa shape index (κ3) is 4.26. The van der Waals surface area contributed by atoms with Crippen LogP contribution in [-0.2, 0) is 6.54 Å². The summed E-state index contributed by atoms with van der Waals surface area (Å²) < 4.78 is 13.1. The molecule has 29 heavy (non-hydrogen) atoms. The second-order valence-corrected chi connectivity index (χ2v) is 6.81. The lowest BCUT2D eigenvalue weighted by atomic mass is 10.1. The molecule has 1 aromatic heterocycles. The summed E-state index contributed by atoms with van der Waals surface area (Å²) in [6, 6.07) is 13.0. The number of rotatable bonds is 5. The summed E-state index contributed by atoms with van der Waals surface area (Å²) in [6.45, 7) is 0.163. The van der Waals surface area contributed by atoms with Gasteiger partial charge in [-0.2, -0.15) is 0 Å². The number of carbonyl (C=O) groups is 1. The van der Waals surface area contributed by atoms with Gasteiger partial charge in [0.1, 0.15) is 11.6 Å². The van der Waals surface area contributed by atoms with Gasteiger partial charge in [-0.3, -0.25) is 9.59 Å². The molecule has 0 bridgehead atoms. The molecule has 0 aliphatic heterocycles. The van der Waals surface area contributed by atoms with Crippen LogP contribution >= 0.6 is 0 Å². The lowest BCUT2D eigenvalue weighted by Crippen LogP contribution is -2.29. The van der Waals surface area contributed by atoms with E-state index in [-0.39, 0.29) is 23.9 Å². The summed E-state index contributed by atoms with van der Waals surface area (Å²) in [5.41, 5.74) is 0.956. The second-order valence-electron chi connectivity index (χ2n) is 6.81. The van der Waals surface area contributed by atoms with Gasteiger partial charge >= 0.3 is 0 Å². The topological polar surface area (TPSA) is 89.5 Å². The first-order valence-electron chi connectivity index (χ1n) is 8.88. The zero-order valence-electron chi connectivity index (χ0n) is 16.3. The zero-order valence-corrected chi connectivity index (χ0v) is 16.3. The summed E-state index contributed by atoms with van der Waals surface area (Å²) in [4.78, 5) is 35.0. The Morgan fingerprint density at radius 2 is 1.76 bits per heavy atom. The third-order valence-corrected chi connectivity index (χ3v) is 4.42. The normalized spacial score (nSPS) is 10.6. The zero-order chi connectivity index (χ0) is 21.1. The first kappa shape index (κ1) is 20.1. The molecule has 7 nitrogen and oxygen atoms in total. The molecule has 1 amide bonds. The first-order valence-corrected chi connectivity index (χ1v) is 8.88. The molecule has 0 aliphatic carbocycles. The van der Waals surface area contributed by atoms with Crippen molar-refractivity contribution in [1.29, 1.82) is 0 Å². The highest BCUT2D eigenvalue weighted by Crippen LogP contribution is 2.27. The lowest BCUT2D eigenvalue weighted by molar-refractivity contribution is 0.0775. The highest BCUT2D eigenvalue weighted by Gasteiger charge is 2.23. The summed E-state index contributed by atoms with van der Waals surface area (Å²) in [5.74, 6) is -1.56. The molecule has 0 fully saturated rings. The smallest absolute Gasteiger partial charge is 0.294 e. The van der Waals surface area contributed by atoms with E-state index in [4.69, 9.17) is 0 Å². The predicted molar refractivity (Wildman–Crippen MR) is 108 cm³/mol. The van der Waals surface area contributed by atoms with E-state index in [1.54, 1.807) is 24.3 Å². The van der Waals surface area contributed by atoms with Gasteiger partial charge in [0.2, 0.25) is 5.75 Å². The van der Waals surface area contributed by atoms with E-state index in [0.29, 0.717) is 11.1 Å². The maximum absolute atomic E-state index is 13.1. The van der Waals surface area contributed by atoms with Crippen LogP contribution in [-0.4, -0.2) is 47.0 Å². The number of halogens is 1. The predicted octanol–water partition coefficient (Wildman–Crippen LogP) is 2.62. The van der Waals surface area contributed by atoms with Crippen molar-refractivity contribution in [3.63, 3.8) is 0 Å². The van der Waals surface area contributed by atoms with Gasteiger partial charge in [-0.15, -0.1) is 0 Å². The van der Waals surface area contributed by atoms with E-state index >= 15 is 0 Å². The Hall–Kier alpha value is -3.68. The number of benzene rings is 2. The number of amides is 1. The summed E-state index contributed by atoms with van der Waals surface area (Å²) >= 11 is 0. The fourth-order valence-electron chi connectivity index (χ4n) is 2.92. The molecule has 0 spiro atoms. The molecule has 0 saturated heterocycles. The Labute approximate surface area is 167 Å². The fraction of sp³-hybridized carbons (Fsp3) is 0.190. The minimum absolute atomic E-state index is 0.163. The molecule has 0 aliphatic rings. The number of hydrogen-bond acceptors (Lipinski definition) is 5. The van der Waals surface area contributed by atoms with Crippen LogP contribution in [0.1, 0.15) is 16.1 Å². The second kappa shape index (κ2) is 8.14. The molecule has 0 unspecified atom stereocenters. The van der Waals surface area contributed by atoms with E-state index in [1.807, 2.05) is 31.1 Å². The van der Waals surface area contributed by atoms with Crippen molar-refractivity contribution in [2.45, 2.75) is 6.54 Å². The van der Waals surface area contributed by atoms with Gasteiger partial charge in [0, 0.05) is 38.9 Å². The molecular weight excluding hydrogens is 375 g/mol. The van der Waals surface area contributed by atoms with Crippen molar-refractivity contribution in [3.05, 3.63) is 76.0 Å². The number of aromatic hydroxyl groups is 1. The van der Waals surface area contributed by atoms with E-state index in [2.05, 4.69) is 9.97 Å². The summed E-state index contributed by atoms with van der Waals surface area (Å²) in [6.07, 6.45) is 0. The van der Waals surface area contributed by atoms with Gasteiger partial charge in [-0.25, -0.2) is 9.37 Å². The Balaban J connectivity index is 1.98. The number of nitrogens with zero attached hydrogens (tertiary/aromatic N) is 3. The molecule has 150 valence electrons. The molecule has 0 atom stereocenters. The van der Waals surface area contributed by atoms with E-state index in [1.165, 1.54) is 24.1 Å². The van der Waals surface area contributed by atoms with Crippen molar-refractivity contribution in [3.8, 4) is 17.1 Å². The molecule has 3 aromatic rings. The third-order valence-electron chi connectivity index (χ3n) is 4.42. The Morgan fingerprint density at radius 1 is 1.10 bits per heavy atom. The van der Waals surface area contributed by atoms with Crippen LogP contribution in [0.2, 0.25) is 0 Å².